The summed E-state index contributed by atoms with van der Waals surface area (Å²) >= 11 is 0. The molecule has 2 aromatic carbocycles. The Morgan fingerprint density at radius 3 is 2.15 bits per heavy atom. The average molecular weight is 357 g/mol. The molecule has 0 N–H and O–H groups in total. The summed E-state index contributed by atoms with van der Waals surface area (Å²) in [5.74, 6) is 7.66. The van der Waals surface area contributed by atoms with Crippen LogP contribution in [-0.4, -0.2) is 0 Å². The highest BCUT2D eigenvalue weighted by molar-refractivity contribution is 5.64. The van der Waals surface area contributed by atoms with E-state index in [2.05, 4.69) is 80.3 Å². The normalized spacial score (nSPS) is 16.4. The van der Waals surface area contributed by atoms with Crippen molar-refractivity contribution in [1.29, 1.82) is 0 Å². The highest BCUT2D eigenvalue weighted by Gasteiger charge is 2.12. The SMILES string of the molecule is CCCCCC1CC=C(C#Cc2ccc(-c3ccc(CC)cc3)cc2)CC1. The van der Waals surface area contributed by atoms with Crippen molar-refractivity contribution in [2.45, 2.75) is 65.2 Å². The van der Waals surface area contributed by atoms with Gasteiger partial charge in [0.2, 0.25) is 0 Å². The fourth-order valence-electron chi connectivity index (χ4n) is 3.78. The van der Waals surface area contributed by atoms with E-state index in [4.69, 9.17) is 0 Å². The van der Waals surface area contributed by atoms with E-state index < -0.39 is 0 Å². The first-order chi connectivity index (χ1) is 13.3. The molecule has 1 atom stereocenters. The van der Waals surface area contributed by atoms with Crippen molar-refractivity contribution < 1.29 is 0 Å². The smallest absolute Gasteiger partial charge is 0.0249 e. The minimum Gasteiger partial charge on any atom is -0.0726 e. The second kappa shape index (κ2) is 10.2. The molecule has 0 amide bonds. The molecule has 3 rings (SSSR count). The Bertz CT molecular complexity index is 794. The lowest BCUT2D eigenvalue weighted by molar-refractivity contribution is 0.420. The van der Waals surface area contributed by atoms with Crippen molar-refractivity contribution in [3.05, 3.63) is 71.3 Å². The molecule has 0 saturated carbocycles. The van der Waals surface area contributed by atoms with Gasteiger partial charge in [0.15, 0.2) is 0 Å². The molecule has 1 unspecified atom stereocenters. The van der Waals surface area contributed by atoms with Crippen molar-refractivity contribution in [1.82, 2.24) is 0 Å². The minimum atomic E-state index is 0.889. The fourth-order valence-corrected chi connectivity index (χ4v) is 3.78. The van der Waals surface area contributed by atoms with Gasteiger partial charge in [-0.3, -0.25) is 0 Å². The molecular weight excluding hydrogens is 324 g/mol. The molecule has 0 saturated heterocycles. The van der Waals surface area contributed by atoms with Crippen LogP contribution >= 0.6 is 0 Å². The van der Waals surface area contributed by atoms with Gasteiger partial charge in [-0.2, -0.15) is 0 Å². The maximum atomic E-state index is 3.41. The van der Waals surface area contributed by atoms with Gasteiger partial charge >= 0.3 is 0 Å². The zero-order valence-electron chi connectivity index (χ0n) is 16.9. The highest BCUT2D eigenvalue weighted by Crippen LogP contribution is 2.27. The number of hydrogen-bond acceptors (Lipinski definition) is 0. The van der Waals surface area contributed by atoms with Crippen molar-refractivity contribution in [2.24, 2.45) is 5.92 Å². The van der Waals surface area contributed by atoms with Gasteiger partial charge in [-0.25, -0.2) is 0 Å². The third-order valence-corrected chi connectivity index (χ3v) is 5.68. The van der Waals surface area contributed by atoms with E-state index in [1.807, 2.05) is 0 Å². The lowest BCUT2D eigenvalue weighted by atomic mass is 9.86. The van der Waals surface area contributed by atoms with E-state index in [9.17, 15) is 0 Å². The van der Waals surface area contributed by atoms with Gasteiger partial charge < -0.3 is 0 Å². The molecule has 2 aromatic rings. The second-order valence-electron chi connectivity index (χ2n) is 7.74. The van der Waals surface area contributed by atoms with Crippen LogP contribution in [0.4, 0.5) is 0 Å². The van der Waals surface area contributed by atoms with Gasteiger partial charge in [0.1, 0.15) is 0 Å². The first kappa shape index (κ1) is 19.5. The number of benzene rings is 2. The average Bonchev–Trinajstić information content (AvgIpc) is 2.74. The third kappa shape index (κ3) is 5.86. The third-order valence-electron chi connectivity index (χ3n) is 5.68. The number of rotatable bonds is 6. The summed E-state index contributed by atoms with van der Waals surface area (Å²) in [7, 11) is 0. The Hall–Kier alpha value is -2.26. The van der Waals surface area contributed by atoms with E-state index >= 15 is 0 Å². The van der Waals surface area contributed by atoms with Gasteiger partial charge in [0, 0.05) is 5.56 Å². The molecule has 0 heteroatoms. The maximum Gasteiger partial charge on any atom is 0.0249 e. The van der Waals surface area contributed by atoms with Gasteiger partial charge in [0.05, 0.1) is 0 Å². The summed E-state index contributed by atoms with van der Waals surface area (Å²) in [6.45, 7) is 4.47. The Balaban J connectivity index is 1.57. The number of unbranched alkanes of at least 4 members (excludes halogenated alkanes) is 2. The molecule has 1 aliphatic carbocycles. The predicted octanol–water partition coefficient (Wildman–Crippen LogP) is 7.57. The van der Waals surface area contributed by atoms with E-state index in [1.54, 1.807) is 0 Å². The first-order valence-corrected chi connectivity index (χ1v) is 10.7. The number of hydrogen-bond donors (Lipinski definition) is 0. The monoisotopic (exact) mass is 356 g/mol. The summed E-state index contributed by atoms with van der Waals surface area (Å²) in [4.78, 5) is 0. The van der Waals surface area contributed by atoms with Crippen LogP contribution in [0, 0.1) is 17.8 Å². The Morgan fingerprint density at radius 2 is 1.56 bits per heavy atom. The molecule has 140 valence electrons. The molecule has 1 aliphatic rings. The topological polar surface area (TPSA) is 0 Å². The van der Waals surface area contributed by atoms with Crippen molar-refractivity contribution >= 4 is 0 Å². The molecule has 27 heavy (non-hydrogen) atoms. The standard InChI is InChI=1S/C27H32/c1-3-5-6-7-23-8-10-24(11-9-23)12-13-25-16-20-27(21-17-25)26-18-14-22(4-2)15-19-26/h10,14-21,23H,3-9,11H2,1-2H3. The van der Waals surface area contributed by atoms with Crippen LogP contribution in [0.1, 0.15) is 69.9 Å². The summed E-state index contributed by atoms with van der Waals surface area (Å²) in [5, 5.41) is 0. The minimum absolute atomic E-state index is 0.889. The largest absolute Gasteiger partial charge is 0.0726 e. The van der Waals surface area contributed by atoms with E-state index in [0.717, 1.165) is 24.3 Å². The van der Waals surface area contributed by atoms with E-state index in [-0.39, 0.29) is 0 Å². The lowest BCUT2D eigenvalue weighted by Gasteiger charge is -2.19. The Morgan fingerprint density at radius 1 is 0.852 bits per heavy atom. The second-order valence-corrected chi connectivity index (χ2v) is 7.74. The van der Waals surface area contributed by atoms with Crippen LogP contribution < -0.4 is 0 Å². The summed E-state index contributed by atoms with van der Waals surface area (Å²) in [5.41, 5.74) is 6.36. The van der Waals surface area contributed by atoms with Crippen molar-refractivity contribution in [3.8, 4) is 23.0 Å². The number of allylic oxidation sites excluding steroid dienone is 2. The highest BCUT2D eigenvalue weighted by atomic mass is 14.2. The molecule has 0 fully saturated rings. The Kier molecular flexibility index (Phi) is 7.35. The van der Waals surface area contributed by atoms with Gasteiger partial charge in [-0.05, 0) is 66.0 Å². The molecule has 0 heterocycles. The number of aryl methyl sites for hydroxylation is 1. The molecule has 0 aromatic heterocycles. The summed E-state index contributed by atoms with van der Waals surface area (Å²) in [6, 6.07) is 17.5. The quantitative estimate of drug-likeness (QED) is 0.370. The van der Waals surface area contributed by atoms with E-state index in [0.29, 0.717) is 0 Å². The molecule has 0 spiro atoms. The van der Waals surface area contributed by atoms with Gasteiger partial charge in [-0.1, -0.05) is 93.8 Å². The summed E-state index contributed by atoms with van der Waals surface area (Å²) < 4.78 is 0. The van der Waals surface area contributed by atoms with Crippen molar-refractivity contribution in [2.75, 3.05) is 0 Å². The lowest BCUT2D eigenvalue weighted by Crippen LogP contribution is -2.05. The van der Waals surface area contributed by atoms with Crippen LogP contribution in [0.25, 0.3) is 11.1 Å². The molecule has 0 radical (unpaired) electrons. The molecular formula is C27H32. The molecule has 0 aliphatic heterocycles. The van der Waals surface area contributed by atoms with Crippen LogP contribution in [0.15, 0.2) is 60.2 Å². The molecule has 0 nitrogen and oxygen atoms in total. The maximum absolute atomic E-state index is 3.41. The fraction of sp³-hybridized carbons (Fsp3) is 0.407. The predicted molar refractivity (Wildman–Crippen MR) is 118 cm³/mol. The van der Waals surface area contributed by atoms with Crippen molar-refractivity contribution in [3.63, 3.8) is 0 Å². The van der Waals surface area contributed by atoms with Crippen LogP contribution in [0.5, 0.6) is 0 Å². The first-order valence-electron chi connectivity index (χ1n) is 10.7. The van der Waals surface area contributed by atoms with Crippen LogP contribution in [0.2, 0.25) is 0 Å². The van der Waals surface area contributed by atoms with Crippen LogP contribution in [0.3, 0.4) is 0 Å². The Labute approximate surface area is 165 Å². The molecule has 0 bridgehead atoms. The zero-order valence-corrected chi connectivity index (χ0v) is 16.9. The van der Waals surface area contributed by atoms with Gasteiger partial charge in [0.25, 0.3) is 0 Å². The van der Waals surface area contributed by atoms with Crippen LogP contribution in [-0.2, 0) is 6.42 Å². The van der Waals surface area contributed by atoms with Gasteiger partial charge in [-0.15, -0.1) is 0 Å². The van der Waals surface area contributed by atoms with E-state index in [1.165, 1.54) is 60.8 Å². The summed E-state index contributed by atoms with van der Waals surface area (Å²) in [6.07, 6.45) is 12.7. The zero-order chi connectivity index (χ0) is 18.9.